The van der Waals surface area contributed by atoms with Crippen LogP contribution < -0.4 is 10.9 Å². The normalized spacial score (nSPS) is 15.6. The number of carbonyl (C=O) groups is 1. The molecule has 4 rings (SSSR count). The lowest BCUT2D eigenvalue weighted by Crippen LogP contribution is -2.29. The summed E-state index contributed by atoms with van der Waals surface area (Å²) in [6.45, 7) is 1.10. The fraction of sp³-hybridized carbons (Fsp3) is 0.269. The van der Waals surface area contributed by atoms with Crippen molar-refractivity contribution in [2.24, 2.45) is 4.40 Å². The third kappa shape index (κ3) is 6.05. The molecule has 35 heavy (non-hydrogen) atoms. The summed E-state index contributed by atoms with van der Waals surface area (Å²) in [4.78, 5) is 27.6. The number of amides is 1. The number of amidine groups is 1. The number of hydrogen-bond donors (Lipinski definition) is 1. The van der Waals surface area contributed by atoms with Gasteiger partial charge in [0.15, 0.2) is 0 Å². The Balaban J connectivity index is 1.54. The van der Waals surface area contributed by atoms with Crippen molar-refractivity contribution in [2.75, 3.05) is 18.9 Å². The Morgan fingerprint density at radius 1 is 1.00 bits per heavy atom. The predicted octanol–water partition coefficient (Wildman–Crippen LogP) is 3.74. The van der Waals surface area contributed by atoms with Crippen LogP contribution in [0.2, 0.25) is 0 Å². The molecule has 0 atom stereocenters. The number of likely N-dealkylation sites (tertiary alicyclic amines) is 1. The molecular weight excluding hydrogens is 464 g/mol. The minimum absolute atomic E-state index is 0.0185. The molecule has 1 saturated heterocycles. The Hall–Kier alpha value is -3.72. The van der Waals surface area contributed by atoms with Gasteiger partial charge >= 0.3 is 0 Å². The molecule has 0 spiro atoms. The summed E-state index contributed by atoms with van der Waals surface area (Å²) in [5, 5.41) is 2.65. The first-order valence-corrected chi connectivity index (χ1v) is 13.0. The summed E-state index contributed by atoms with van der Waals surface area (Å²) in [6, 6.07) is 18.5. The zero-order chi connectivity index (χ0) is 24.8. The Kier molecular flexibility index (Phi) is 7.45. The lowest BCUT2D eigenvalue weighted by atomic mass is 10.2. The average Bonchev–Trinajstić information content (AvgIpc) is 3.05. The maximum absolute atomic E-state index is 13.0. The van der Waals surface area contributed by atoms with Gasteiger partial charge in [0.2, 0.25) is 0 Å². The van der Waals surface area contributed by atoms with Crippen LogP contribution in [0.4, 0.5) is 5.69 Å². The highest BCUT2D eigenvalue weighted by Crippen LogP contribution is 2.20. The van der Waals surface area contributed by atoms with Gasteiger partial charge in [-0.2, -0.15) is 8.42 Å². The van der Waals surface area contributed by atoms with Gasteiger partial charge in [-0.25, -0.2) is 0 Å². The third-order valence-electron chi connectivity index (χ3n) is 5.91. The van der Waals surface area contributed by atoms with Gasteiger partial charge in [-0.15, -0.1) is 4.40 Å². The minimum Gasteiger partial charge on any atom is -0.362 e. The number of rotatable bonds is 6. The Labute approximate surface area is 205 Å². The van der Waals surface area contributed by atoms with Crippen LogP contribution in [0, 0.1) is 0 Å². The van der Waals surface area contributed by atoms with E-state index in [4.69, 9.17) is 0 Å². The lowest BCUT2D eigenvalue weighted by Gasteiger charge is -2.17. The molecule has 0 radical (unpaired) electrons. The molecule has 0 unspecified atom stereocenters. The molecule has 0 bridgehead atoms. The van der Waals surface area contributed by atoms with Crippen molar-refractivity contribution in [1.82, 2.24) is 9.47 Å². The monoisotopic (exact) mass is 492 g/mol. The first-order chi connectivity index (χ1) is 16.8. The van der Waals surface area contributed by atoms with Gasteiger partial charge < -0.3 is 14.8 Å². The largest absolute Gasteiger partial charge is 0.362 e. The summed E-state index contributed by atoms with van der Waals surface area (Å²) in [6.07, 6.45) is 5.17. The molecule has 9 heteroatoms. The smallest absolute Gasteiger partial charge is 0.284 e. The van der Waals surface area contributed by atoms with Crippen LogP contribution in [0.25, 0.3) is 0 Å². The molecule has 8 nitrogen and oxygen atoms in total. The molecule has 182 valence electrons. The fourth-order valence-corrected chi connectivity index (χ4v) is 5.12. The van der Waals surface area contributed by atoms with Crippen molar-refractivity contribution in [2.45, 2.75) is 37.1 Å². The molecule has 1 aromatic heterocycles. The number of sulfonamides is 1. The second-order valence-corrected chi connectivity index (χ2v) is 10.1. The van der Waals surface area contributed by atoms with E-state index >= 15 is 0 Å². The van der Waals surface area contributed by atoms with Crippen molar-refractivity contribution in [1.29, 1.82) is 0 Å². The van der Waals surface area contributed by atoms with Crippen molar-refractivity contribution in [3.63, 3.8) is 0 Å². The first kappa shape index (κ1) is 24.4. The SMILES string of the molecule is CN1CCCCC/C1=N\S(=O)(=O)c1cccc(NC(=O)c2cccn(Cc3ccccc3)c2=O)c1. The Morgan fingerprint density at radius 3 is 2.60 bits per heavy atom. The molecule has 1 aliphatic rings. The number of aromatic nitrogens is 1. The van der Waals surface area contributed by atoms with Crippen molar-refractivity contribution in [3.05, 3.63) is 94.4 Å². The Morgan fingerprint density at radius 2 is 1.80 bits per heavy atom. The highest BCUT2D eigenvalue weighted by Gasteiger charge is 2.19. The van der Waals surface area contributed by atoms with Crippen LogP contribution in [0.1, 0.15) is 41.6 Å². The number of pyridine rings is 1. The highest BCUT2D eigenvalue weighted by molar-refractivity contribution is 7.90. The number of benzene rings is 2. The molecule has 2 heterocycles. The van der Waals surface area contributed by atoms with E-state index < -0.39 is 21.5 Å². The third-order valence-corrected chi connectivity index (χ3v) is 7.21. The molecule has 2 aromatic carbocycles. The molecule has 0 saturated carbocycles. The van der Waals surface area contributed by atoms with E-state index in [1.807, 2.05) is 42.3 Å². The number of nitrogens with one attached hydrogen (secondary N) is 1. The van der Waals surface area contributed by atoms with Crippen LogP contribution >= 0.6 is 0 Å². The second kappa shape index (κ2) is 10.7. The minimum atomic E-state index is -3.95. The van der Waals surface area contributed by atoms with Crippen molar-refractivity contribution >= 4 is 27.5 Å². The van der Waals surface area contributed by atoms with Gasteiger partial charge in [0.05, 0.1) is 11.4 Å². The zero-order valence-corrected chi connectivity index (χ0v) is 20.4. The van der Waals surface area contributed by atoms with Crippen molar-refractivity contribution in [3.8, 4) is 0 Å². The summed E-state index contributed by atoms with van der Waals surface area (Å²) < 4.78 is 31.5. The molecule has 1 aliphatic heterocycles. The summed E-state index contributed by atoms with van der Waals surface area (Å²) in [5.41, 5.74) is 0.742. The average molecular weight is 493 g/mol. The molecule has 1 N–H and O–H groups in total. The van der Waals surface area contributed by atoms with E-state index in [2.05, 4.69) is 9.71 Å². The quantitative estimate of drug-likeness (QED) is 0.565. The molecular formula is C26H28N4O4S. The van der Waals surface area contributed by atoms with E-state index in [1.165, 1.54) is 28.8 Å². The van der Waals surface area contributed by atoms with Gasteiger partial charge in [-0.05, 0) is 48.7 Å². The molecule has 3 aromatic rings. The van der Waals surface area contributed by atoms with E-state index in [-0.39, 0.29) is 16.1 Å². The summed E-state index contributed by atoms with van der Waals surface area (Å²) in [7, 11) is -2.10. The van der Waals surface area contributed by atoms with E-state index in [1.54, 1.807) is 18.3 Å². The van der Waals surface area contributed by atoms with E-state index in [9.17, 15) is 18.0 Å². The van der Waals surface area contributed by atoms with Gasteiger partial charge in [0.1, 0.15) is 11.4 Å². The standard InChI is InChI=1S/C26H28N4O4S/c1-29-16-7-3-6-15-24(29)28-35(33,34)22-13-8-12-21(18-22)27-25(31)23-14-9-17-30(26(23)32)19-20-10-4-2-5-11-20/h2,4-5,8-14,17-18H,3,6-7,15-16,19H2,1H3,(H,27,31)/b28-24+. The van der Waals surface area contributed by atoms with Crippen LogP contribution in [0.5, 0.6) is 0 Å². The Bertz CT molecular complexity index is 1400. The topological polar surface area (TPSA) is 101 Å². The molecule has 0 aliphatic carbocycles. The molecule has 1 fully saturated rings. The summed E-state index contributed by atoms with van der Waals surface area (Å²) in [5.74, 6) is -0.0676. The van der Waals surface area contributed by atoms with E-state index in [0.29, 0.717) is 18.8 Å². The second-order valence-electron chi connectivity index (χ2n) is 8.54. The predicted molar refractivity (Wildman–Crippen MR) is 136 cm³/mol. The first-order valence-electron chi connectivity index (χ1n) is 11.5. The molecule has 1 amide bonds. The zero-order valence-electron chi connectivity index (χ0n) is 19.6. The van der Waals surface area contributed by atoms with Gasteiger partial charge in [0, 0.05) is 31.9 Å². The van der Waals surface area contributed by atoms with Gasteiger partial charge in [0.25, 0.3) is 21.5 Å². The van der Waals surface area contributed by atoms with Crippen LogP contribution in [-0.4, -0.2) is 43.2 Å². The maximum atomic E-state index is 13.0. The van der Waals surface area contributed by atoms with Crippen LogP contribution in [0.15, 0.2) is 87.0 Å². The number of carbonyl (C=O) groups excluding carboxylic acids is 1. The number of hydrogen-bond acceptors (Lipinski definition) is 4. The van der Waals surface area contributed by atoms with Crippen LogP contribution in [-0.2, 0) is 16.6 Å². The van der Waals surface area contributed by atoms with E-state index in [0.717, 1.165) is 31.4 Å². The van der Waals surface area contributed by atoms with Crippen LogP contribution in [0.3, 0.4) is 0 Å². The maximum Gasteiger partial charge on any atom is 0.284 e. The highest BCUT2D eigenvalue weighted by atomic mass is 32.2. The van der Waals surface area contributed by atoms with Gasteiger partial charge in [-0.1, -0.05) is 42.8 Å². The van der Waals surface area contributed by atoms with Crippen molar-refractivity contribution < 1.29 is 13.2 Å². The fourth-order valence-electron chi connectivity index (χ4n) is 3.98. The van der Waals surface area contributed by atoms with Gasteiger partial charge in [-0.3, -0.25) is 9.59 Å². The lowest BCUT2D eigenvalue weighted by molar-refractivity contribution is 0.102. The number of anilines is 1. The summed E-state index contributed by atoms with van der Waals surface area (Å²) >= 11 is 0. The number of nitrogens with zero attached hydrogens (tertiary/aromatic N) is 3.